The number of carbonyl (C=O) groups excluding carboxylic acids is 1. The Labute approximate surface area is 108 Å². The maximum Gasteiger partial charge on any atom is 0.360 e. The van der Waals surface area contributed by atoms with E-state index in [-0.39, 0.29) is 0 Å². The van der Waals surface area contributed by atoms with E-state index in [1.54, 1.807) is 11.6 Å². The zero-order chi connectivity index (χ0) is 13.2. The van der Waals surface area contributed by atoms with E-state index in [1.807, 2.05) is 0 Å². The van der Waals surface area contributed by atoms with Crippen molar-refractivity contribution in [2.45, 2.75) is 32.2 Å². The van der Waals surface area contributed by atoms with Crippen LogP contribution in [0.4, 0.5) is 0 Å². The average Bonchev–Trinajstić information content (AvgIpc) is 2.95. The number of nitrogens with zero attached hydrogens (tertiary/aromatic N) is 5. The van der Waals surface area contributed by atoms with Crippen LogP contribution in [-0.4, -0.2) is 37.7 Å². The normalized spacial score (nSPS) is 14.6. The van der Waals surface area contributed by atoms with Crippen LogP contribution in [0.25, 0.3) is 0 Å². The van der Waals surface area contributed by atoms with Crippen molar-refractivity contribution in [2.75, 3.05) is 6.61 Å². The number of ether oxygens (including phenoxy) is 1. The van der Waals surface area contributed by atoms with E-state index in [0.717, 1.165) is 18.5 Å². The molecule has 0 radical (unpaired) electrons. The van der Waals surface area contributed by atoms with Gasteiger partial charge >= 0.3 is 5.97 Å². The predicted molar refractivity (Wildman–Crippen MR) is 61.4 cm³/mol. The molecule has 0 saturated heterocycles. The van der Waals surface area contributed by atoms with Crippen LogP contribution in [0.2, 0.25) is 0 Å². The Morgan fingerprint density at radius 2 is 2.42 bits per heavy atom. The van der Waals surface area contributed by atoms with Crippen LogP contribution in [0.5, 0.6) is 0 Å². The summed E-state index contributed by atoms with van der Waals surface area (Å²) in [6, 6.07) is 0. The fourth-order valence-corrected chi connectivity index (χ4v) is 1.94. The largest absolute Gasteiger partial charge is 0.461 e. The van der Waals surface area contributed by atoms with Crippen LogP contribution < -0.4 is 0 Å². The van der Waals surface area contributed by atoms with Crippen LogP contribution in [0, 0.1) is 0 Å². The molecule has 2 aromatic heterocycles. The zero-order valence-electron chi connectivity index (χ0n) is 10.4. The lowest BCUT2D eigenvalue weighted by atomic mass is 10.2. The van der Waals surface area contributed by atoms with Gasteiger partial charge in [0.1, 0.15) is 6.54 Å². The van der Waals surface area contributed by atoms with Crippen LogP contribution in [0.3, 0.4) is 0 Å². The average molecular weight is 263 g/mol. The first-order valence-corrected chi connectivity index (χ1v) is 6.15. The van der Waals surface area contributed by atoms with Crippen molar-refractivity contribution in [3.8, 4) is 0 Å². The fraction of sp³-hybridized carbons (Fsp3) is 0.545. The molecule has 0 spiro atoms. The Bertz CT molecular complexity index is 573. The van der Waals surface area contributed by atoms with Crippen LogP contribution in [0.15, 0.2) is 10.9 Å². The molecular formula is C11H13N5O3. The highest BCUT2D eigenvalue weighted by atomic mass is 16.5. The van der Waals surface area contributed by atoms with Crippen molar-refractivity contribution in [1.29, 1.82) is 0 Å². The van der Waals surface area contributed by atoms with E-state index >= 15 is 0 Å². The van der Waals surface area contributed by atoms with Gasteiger partial charge in [0.05, 0.1) is 12.3 Å². The van der Waals surface area contributed by atoms with Gasteiger partial charge in [-0.3, -0.25) is 0 Å². The Morgan fingerprint density at radius 1 is 1.58 bits per heavy atom. The summed E-state index contributed by atoms with van der Waals surface area (Å²) in [5.41, 5.74) is 1.10. The molecule has 2 aromatic rings. The van der Waals surface area contributed by atoms with Crippen molar-refractivity contribution >= 4 is 5.97 Å². The van der Waals surface area contributed by atoms with Gasteiger partial charge in [-0.05, 0) is 19.8 Å². The van der Waals surface area contributed by atoms with Crippen LogP contribution >= 0.6 is 0 Å². The molecule has 3 rings (SSSR count). The third-order valence-corrected chi connectivity index (χ3v) is 2.90. The molecule has 0 amide bonds. The van der Waals surface area contributed by atoms with E-state index < -0.39 is 5.97 Å². The first-order valence-electron chi connectivity index (χ1n) is 6.15. The van der Waals surface area contributed by atoms with Crippen LogP contribution in [-0.2, 0) is 11.3 Å². The minimum atomic E-state index is -0.429. The van der Waals surface area contributed by atoms with Crippen molar-refractivity contribution < 1.29 is 14.1 Å². The summed E-state index contributed by atoms with van der Waals surface area (Å²) in [7, 11) is 0. The Hall–Kier alpha value is -2.25. The molecular weight excluding hydrogens is 250 g/mol. The number of hydrogen-bond donors (Lipinski definition) is 0. The summed E-state index contributed by atoms with van der Waals surface area (Å²) in [6.07, 6.45) is 3.39. The zero-order valence-corrected chi connectivity index (χ0v) is 10.4. The number of aromatic nitrogens is 5. The molecule has 0 bridgehead atoms. The second kappa shape index (κ2) is 4.79. The second-order valence-electron chi connectivity index (χ2n) is 4.31. The van der Waals surface area contributed by atoms with Gasteiger partial charge in [-0.15, -0.1) is 5.10 Å². The first-order chi connectivity index (χ1) is 9.29. The Morgan fingerprint density at radius 3 is 3.05 bits per heavy atom. The molecule has 0 atom stereocenters. The highest BCUT2D eigenvalue weighted by Crippen LogP contribution is 2.41. The highest BCUT2D eigenvalue weighted by molar-refractivity contribution is 5.88. The maximum atomic E-state index is 11.8. The third-order valence-electron chi connectivity index (χ3n) is 2.90. The summed E-state index contributed by atoms with van der Waals surface area (Å²) in [4.78, 5) is 15.8. The molecule has 0 N–H and O–H groups in total. The molecule has 2 heterocycles. The molecule has 0 aliphatic heterocycles. The molecule has 1 aliphatic carbocycles. The summed E-state index contributed by atoms with van der Waals surface area (Å²) in [5, 5.41) is 11.5. The standard InChI is InChI=1S/C11H13N5O3/c1-2-18-11(17)9-10(7-3-4-7)16(15-14-9)5-8-12-6-13-19-8/h6-7H,2-5H2,1H3. The summed E-state index contributed by atoms with van der Waals surface area (Å²) < 4.78 is 11.6. The molecule has 0 aromatic carbocycles. The molecule has 1 fully saturated rings. The topological polar surface area (TPSA) is 95.9 Å². The van der Waals surface area contributed by atoms with Crippen LogP contribution in [0.1, 0.15) is 47.8 Å². The molecule has 8 nitrogen and oxygen atoms in total. The van der Waals surface area contributed by atoms with E-state index in [4.69, 9.17) is 9.26 Å². The van der Waals surface area contributed by atoms with Gasteiger partial charge in [-0.2, -0.15) is 4.98 Å². The van der Waals surface area contributed by atoms with Gasteiger partial charge in [0.25, 0.3) is 0 Å². The van der Waals surface area contributed by atoms with Gasteiger partial charge in [0.2, 0.25) is 5.89 Å². The lowest BCUT2D eigenvalue weighted by molar-refractivity contribution is 0.0518. The lowest BCUT2D eigenvalue weighted by Gasteiger charge is -2.04. The van der Waals surface area contributed by atoms with Gasteiger partial charge in [-0.1, -0.05) is 10.4 Å². The fourth-order valence-electron chi connectivity index (χ4n) is 1.94. The van der Waals surface area contributed by atoms with Gasteiger partial charge in [0.15, 0.2) is 12.0 Å². The summed E-state index contributed by atoms with van der Waals surface area (Å²) >= 11 is 0. The lowest BCUT2D eigenvalue weighted by Crippen LogP contribution is -2.11. The summed E-state index contributed by atoms with van der Waals surface area (Å²) in [5.74, 6) is 0.320. The Balaban J connectivity index is 1.90. The maximum absolute atomic E-state index is 11.8. The van der Waals surface area contributed by atoms with Crippen molar-refractivity contribution in [3.05, 3.63) is 23.6 Å². The molecule has 1 aliphatic rings. The highest BCUT2D eigenvalue weighted by Gasteiger charge is 2.34. The number of esters is 1. The molecule has 8 heteroatoms. The molecule has 100 valence electrons. The van der Waals surface area contributed by atoms with Crippen molar-refractivity contribution in [3.63, 3.8) is 0 Å². The summed E-state index contributed by atoms with van der Waals surface area (Å²) in [6.45, 7) is 2.40. The molecule has 0 unspecified atom stereocenters. The van der Waals surface area contributed by atoms with E-state index in [1.165, 1.54) is 6.33 Å². The minimum absolute atomic E-state index is 0.295. The Kier molecular flexibility index (Phi) is 2.98. The van der Waals surface area contributed by atoms with Gasteiger partial charge in [-0.25, -0.2) is 9.48 Å². The smallest absolute Gasteiger partial charge is 0.360 e. The SMILES string of the molecule is CCOC(=O)c1nnn(Cc2ncno2)c1C1CC1. The monoisotopic (exact) mass is 263 g/mol. The quantitative estimate of drug-likeness (QED) is 0.735. The van der Waals surface area contributed by atoms with Gasteiger partial charge < -0.3 is 9.26 Å². The number of carbonyl (C=O) groups is 1. The van der Waals surface area contributed by atoms with E-state index in [0.29, 0.717) is 30.7 Å². The van der Waals surface area contributed by atoms with Crippen molar-refractivity contribution in [2.24, 2.45) is 0 Å². The third kappa shape index (κ3) is 2.33. The number of rotatable bonds is 5. The molecule has 19 heavy (non-hydrogen) atoms. The van der Waals surface area contributed by atoms with E-state index in [2.05, 4.69) is 20.5 Å². The number of hydrogen-bond acceptors (Lipinski definition) is 7. The minimum Gasteiger partial charge on any atom is -0.461 e. The van der Waals surface area contributed by atoms with Crippen molar-refractivity contribution in [1.82, 2.24) is 25.1 Å². The predicted octanol–water partition coefficient (Wildman–Crippen LogP) is 0.763. The van der Waals surface area contributed by atoms with E-state index in [9.17, 15) is 4.79 Å². The first kappa shape index (κ1) is 11.8. The second-order valence-corrected chi connectivity index (χ2v) is 4.31. The van der Waals surface area contributed by atoms with Gasteiger partial charge in [0, 0.05) is 5.92 Å². The molecule has 1 saturated carbocycles.